The number of hydrogen-bond donors (Lipinski definition) is 2. The third-order valence-corrected chi connectivity index (χ3v) is 5.86. The molecule has 0 spiro atoms. The second-order valence-electron chi connectivity index (χ2n) is 7.43. The Balaban J connectivity index is 1.42. The summed E-state index contributed by atoms with van der Waals surface area (Å²) in [6.45, 7) is 1.64. The molecule has 9 heteroatoms. The topological polar surface area (TPSA) is 103 Å². The van der Waals surface area contributed by atoms with Crippen LogP contribution in [-0.4, -0.2) is 56.3 Å². The maximum Gasteiger partial charge on any atom is 0.228 e. The smallest absolute Gasteiger partial charge is 0.228 e. The maximum absolute atomic E-state index is 5.62. The molecule has 2 fully saturated rings. The minimum absolute atomic E-state index is 0.394. The molecule has 142 valence electrons. The van der Waals surface area contributed by atoms with Gasteiger partial charge in [-0.15, -0.1) is 5.10 Å². The molecule has 28 heavy (non-hydrogen) atoms. The van der Waals surface area contributed by atoms with E-state index in [4.69, 9.17) is 9.47 Å². The lowest BCUT2D eigenvalue weighted by atomic mass is 10.1. The van der Waals surface area contributed by atoms with Crippen molar-refractivity contribution in [1.29, 1.82) is 0 Å². The first-order valence-corrected chi connectivity index (χ1v) is 9.30. The second-order valence-corrected chi connectivity index (χ2v) is 7.43. The highest BCUT2D eigenvalue weighted by Gasteiger charge is 2.54. The number of methoxy groups -OCH3 is 1. The summed E-state index contributed by atoms with van der Waals surface area (Å²) in [5.74, 6) is 2.28. The average Bonchev–Trinajstić information content (AvgIpc) is 3.17. The van der Waals surface area contributed by atoms with Crippen molar-refractivity contribution in [2.75, 3.05) is 25.6 Å². The first-order chi connectivity index (χ1) is 13.7. The van der Waals surface area contributed by atoms with Gasteiger partial charge in [-0.2, -0.15) is 9.97 Å². The van der Waals surface area contributed by atoms with Gasteiger partial charge in [0.2, 0.25) is 11.8 Å². The molecule has 9 nitrogen and oxygen atoms in total. The summed E-state index contributed by atoms with van der Waals surface area (Å²) in [6.07, 6.45) is 1.94. The summed E-state index contributed by atoms with van der Waals surface area (Å²) in [5, 5.41) is 12.5. The first kappa shape index (κ1) is 15.8. The molecule has 3 aromatic heterocycles. The van der Waals surface area contributed by atoms with Crippen LogP contribution in [0.25, 0.3) is 33.2 Å². The van der Waals surface area contributed by atoms with Gasteiger partial charge >= 0.3 is 0 Å². The van der Waals surface area contributed by atoms with Gasteiger partial charge in [-0.05, 0) is 17.7 Å². The van der Waals surface area contributed by atoms with E-state index >= 15 is 0 Å². The number of anilines is 1. The van der Waals surface area contributed by atoms with E-state index in [1.54, 1.807) is 11.8 Å². The molecule has 0 radical (unpaired) electrons. The minimum Gasteiger partial charge on any atom is -0.480 e. The summed E-state index contributed by atoms with van der Waals surface area (Å²) in [4.78, 5) is 12.6. The number of hydrogen-bond acceptors (Lipinski definition) is 7. The predicted molar refractivity (Wildman–Crippen MR) is 103 cm³/mol. The number of aromatic nitrogens is 6. The van der Waals surface area contributed by atoms with Crippen LogP contribution in [0, 0.1) is 11.8 Å². The Morgan fingerprint density at radius 3 is 2.93 bits per heavy atom. The fourth-order valence-corrected chi connectivity index (χ4v) is 4.24. The average molecular weight is 377 g/mol. The number of aromatic amines is 1. The Hall–Kier alpha value is -3.20. The number of benzene rings is 1. The highest BCUT2D eigenvalue weighted by atomic mass is 16.5. The molecular weight excluding hydrogens is 358 g/mol. The molecule has 4 aromatic rings. The van der Waals surface area contributed by atoms with E-state index in [0.29, 0.717) is 29.7 Å². The standard InChI is InChI=1S/C19H19N7O2/c1-26-14-5-9(3-4-13(14)24-25-26)10-6-20-17-15(10)18(27-2)23-19(22-17)21-16-11-7-28-8-12(11)16/h3-6,11-12,16H,7-8H2,1-2H3,(H2,20,21,22,23)/t11-,12+,16+. The molecule has 1 saturated carbocycles. The first-order valence-electron chi connectivity index (χ1n) is 9.30. The Morgan fingerprint density at radius 1 is 1.25 bits per heavy atom. The van der Waals surface area contributed by atoms with Crippen molar-refractivity contribution in [3.8, 4) is 17.0 Å². The van der Waals surface area contributed by atoms with Gasteiger partial charge in [0.25, 0.3) is 0 Å². The number of rotatable bonds is 4. The lowest BCUT2D eigenvalue weighted by molar-refractivity contribution is 0.162. The minimum atomic E-state index is 0.394. The number of aryl methyl sites for hydroxylation is 1. The van der Waals surface area contributed by atoms with E-state index < -0.39 is 0 Å². The van der Waals surface area contributed by atoms with Crippen LogP contribution < -0.4 is 10.1 Å². The number of ether oxygens (including phenoxy) is 2. The molecule has 6 rings (SSSR count). The molecule has 1 aliphatic carbocycles. The maximum atomic E-state index is 5.62. The summed E-state index contributed by atoms with van der Waals surface area (Å²) in [7, 11) is 3.52. The quantitative estimate of drug-likeness (QED) is 0.560. The Kier molecular flexibility index (Phi) is 3.19. The predicted octanol–water partition coefficient (Wildman–Crippen LogP) is 1.97. The van der Waals surface area contributed by atoms with E-state index in [1.807, 2.05) is 25.4 Å². The van der Waals surface area contributed by atoms with Crippen LogP contribution in [0.1, 0.15) is 0 Å². The normalized spacial score (nSPS) is 23.3. The fourth-order valence-electron chi connectivity index (χ4n) is 4.24. The van der Waals surface area contributed by atoms with Crippen molar-refractivity contribution in [1.82, 2.24) is 29.9 Å². The Labute approximate surface area is 160 Å². The number of nitrogens with one attached hydrogen (secondary N) is 2. The van der Waals surface area contributed by atoms with Crippen LogP contribution in [0.2, 0.25) is 0 Å². The van der Waals surface area contributed by atoms with Crippen LogP contribution in [0.4, 0.5) is 5.95 Å². The van der Waals surface area contributed by atoms with Crippen molar-refractivity contribution in [3.63, 3.8) is 0 Å². The Morgan fingerprint density at radius 2 is 2.11 bits per heavy atom. The van der Waals surface area contributed by atoms with Crippen LogP contribution in [0.15, 0.2) is 24.4 Å². The number of H-pyrrole nitrogens is 1. The zero-order valence-corrected chi connectivity index (χ0v) is 15.5. The second kappa shape index (κ2) is 5.65. The molecular formula is C19H19N7O2. The van der Waals surface area contributed by atoms with Crippen molar-refractivity contribution < 1.29 is 9.47 Å². The molecule has 4 heterocycles. The third-order valence-electron chi connectivity index (χ3n) is 5.86. The van der Waals surface area contributed by atoms with Crippen LogP contribution >= 0.6 is 0 Å². The lowest BCUT2D eigenvalue weighted by Gasteiger charge is -2.10. The molecule has 0 bridgehead atoms. The third kappa shape index (κ3) is 2.22. The zero-order chi connectivity index (χ0) is 18.8. The zero-order valence-electron chi connectivity index (χ0n) is 15.5. The van der Waals surface area contributed by atoms with Crippen LogP contribution in [0.3, 0.4) is 0 Å². The van der Waals surface area contributed by atoms with Gasteiger partial charge < -0.3 is 19.8 Å². The van der Waals surface area contributed by atoms with E-state index in [-0.39, 0.29) is 0 Å². The molecule has 0 unspecified atom stereocenters. The molecule has 1 saturated heterocycles. The number of fused-ring (bicyclic) bond motifs is 3. The van der Waals surface area contributed by atoms with Gasteiger partial charge in [0.1, 0.15) is 11.2 Å². The molecule has 2 aliphatic rings. The molecule has 3 atom stereocenters. The molecule has 0 amide bonds. The van der Waals surface area contributed by atoms with Gasteiger partial charge in [0, 0.05) is 36.7 Å². The molecule has 2 N–H and O–H groups in total. The van der Waals surface area contributed by atoms with Crippen molar-refractivity contribution in [2.24, 2.45) is 18.9 Å². The molecule has 1 aliphatic heterocycles. The van der Waals surface area contributed by atoms with E-state index in [2.05, 4.69) is 36.6 Å². The monoisotopic (exact) mass is 377 g/mol. The van der Waals surface area contributed by atoms with Gasteiger partial charge in [-0.1, -0.05) is 11.3 Å². The molecule has 1 aromatic carbocycles. The number of nitrogens with zero attached hydrogens (tertiary/aromatic N) is 5. The highest BCUT2D eigenvalue weighted by Crippen LogP contribution is 2.46. The van der Waals surface area contributed by atoms with E-state index in [1.165, 1.54) is 0 Å². The highest BCUT2D eigenvalue weighted by molar-refractivity contribution is 5.99. The van der Waals surface area contributed by atoms with Crippen LogP contribution in [-0.2, 0) is 11.8 Å². The lowest BCUT2D eigenvalue weighted by Crippen LogP contribution is -2.14. The van der Waals surface area contributed by atoms with Crippen molar-refractivity contribution >= 4 is 28.0 Å². The largest absolute Gasteiger partial charge is 0.480 e. The van der Waals surface area contributed by atoms with Crippen molar-refractivity contribution in [3.05, 3.63) is 24.4 Å². The van der Waals surface area contributed by atoms with Crippen molar-refractivity contribution in [2.45, 2.75) is 6.04 Å². The SMILES string of the molecule is COc1nc(N[C@H]2[C@@H]3COC[C@@H]32)nc2[nH]cc(-c3ccc4nnn(C)c4c3)c12. The summed E-state index contributed by atoms with van der Waals surface area (Å²) in [5.41, 5.74) is 4.58. The summed E-state index contributed by atoms with van der Waals surface area (Å²) in [6, 6.07) is 6.45. The van der Waals surface area contributed by atoms with Crippen LogP contribution in [0.5, 0.6) is 5.88 Å². The van der Waals surface area contributed by atoms with E-state index in [0.717, 1.165) is 46.4 Å². The van der Waals surface area contributed by atoms with E-state index in [9.17, 15) is 0 Å². The Bertz CT molecular complexity index is 1200. The van der Waals surface area contributed by atoms with Gasteiger partial charge in [-0.25, -0.2) is 4.68 Å². The van der Waals surface area contributed by atoms with Gasteiger partial charge in [-0.3, -0.25) is 0 Å². The summed E-state index contributed by atoms with van der Waals surface area (Å²) >= 11 is 0. The van der Waals surface area contributed by atoms with Gasteiger partial charge in [0.15, 0.2) is 0 Å². The summed E-state index contributed by atoms with van der Waals surface area (Å²) < 4.78 is 12.8. The van der Waals surface area contributed by atoms with Gasteiger partial charge in [0.05, 0.1) is 31.2 Å². The fraction of sp³-hybridized carbons (Fsp3) is 0.368.